The van der Waals surface area contributed by atoms with Gasteiger partial charge in [-0.2, -0.15) is 0 Å². The predicted octanol–water partition coefficient (Wildman–Crippen LogP) is 3.99. The number of benzene rings is 2. The third-order valence-corrected chi connectivity index (χ3v) is 7.09. The van der Waals surface area contributed by atoms with E-state index < -0.39 is 0 Å². The molecule has 168 valence electrons. The van der Waals surface area contributed by atoms with Crippen LogP contribution in [0.25, 0.3) is 10.1 Å². The average Bonchev–Trinajstić information content (AvgIpc) is 3.02. The molecule has 1 saturated heterocycles. The van der Waals surface area contributed by atoms with Crippen LogP contribution in [0.3, 0.4) is 0 Å². The third kappa shape index (κ3) is 6.09. The lowest BCUT2D eigenvalue weighted by Crippen LogP contribution is -2.40. The normalized spacial score (nSPS) is 15.0. The van der Waals surface area contributed by atoms with Crippen molar-refractivity contribution in [2.75, 3.05) is 39.3 Å². The number of amides is 2. The maximum absolute atomic E-state index is 13.0. The molecule has 32 heavy (non-hydrogen) atoms. The van der Waals surface area contributed by atoms with E-state index in [1.54, 1.807) is 11.3 Å². The van der Waals surface area contributed by atoms with Crippen LogP contribution in [0.15, 0.2) is 53.9 Å². The molecule has 0 saturated carbocycles. The van der Waals surface area contributed by atoms with Crippen LogP contribution < -0.4 is 5.32 Å². The summed E-state index contributed by atoms with van der Waals surface area (Å²) in [5.74, 6) is 0.182. The van der Waals surface area contributed by atoms with Gasteiger partial charge in [-0.1, -0.05) is 41.9 Å². The molecule has 2 heterocycles. The topological polar surface area (TPSA) is 52.7 Å². The Kier molecular flexibility index (Phi) is 7.79. The monoisotopic (exact) mass is 469 g/mol. The first kappa shape index (κ1) is 22.8. The van der Waals surface area contributed by atoms with Gasteiger partial charge in [0.2, 0.25) is 11.8 Å². The first-order valence-corrected chi connectivity index (χ1v) is 12.3. The van der Waals surface area contributed by atoms with Crippen LogP contribution in [-0.2, 0) is 22.4 Å². The predicted molar refractivity (Wildman–Crippen MR) is 131 cm³/mol. The summed E-state index contributed by atoms with van der Waals surface area (Å²) in [4.78, 5) is 29.4. The molecule has 0 spiro atoms. The number of halogens is 1. The second-order valence-corrected chi connectivity index (χ2v) is 9.52. The van der Waals surface area contributed by atoms with Crippen molar-refractivity contribution in [2.24, 2.45) is 0 Å². The molecule has 1 aliphatic rings. The van der Waals surface area contributed by atoms with Crippen LogP contribution in [0.1, 0.15) is 17.5 Å². The van der Waals surface area contributed by atoms with Gasteiger partial charge in [0, 0.05) is 42.4 Å². The lowest BCUT2D eigenvalue weighted by molar-refractivity contribution is -0.130. The molecule has 5 nitrogen and oxygen atoms in total. The minimum Gasteiger partial charge on any atom is -0.355 e. The van der Waals surface area contributed by atoms with Crippen LogP contribution in [0.5, 0.6) is 0 Å². The summed E-state index contributed by atoms with van der Waals surface area (Å²) in [6, 6.07) is 16.0. The molecular formula is C25H28ClN3O2S. The Morgan fingerprint density at radius 1 is 1.03 bits per heavy atom. The van der Waals surface area contributed by atoms with Gasteiger partial charge in [-0.3, -0.25) is 14.5 Å². The Bertz CT molecular complexity index is 1070. The number of fused-ring (bicyclic) bond motifs is 1. The Hall–Kier alpha value is -2.41. The standard InChI is InChI=1S/C25H28ClN3O2S/c26-21-7-8-23-22(16-21)20(18-32-23)15-25(31)29-12-4-11-28(13-14-29)17-24(30)27-10-9-19-5-2-1-3-6-19/h1-3,5-8,16,18H,4,9-15,17H2,(H,27,30). The first-order chi connectivity index (χ1) is 15.6. The Morgan fingerprint density at radius 2 is 1.88 bits per heavy atom. The van der Waals surface area contributed by atoms with E-state index in [0.717, 1.165) is 41.6 Å². The molecule has 1 N–H and O–H groups in total. The SMILES string of the molecule is O=C(CN1CCCN(C(=O)Cc2csc3ccc(Cl)cc23)CC1)NCCc1ccccc1. The van der Waals surface area contributed by atoms with Gasteiger partial charge in [0.25, 0.3) is 0 Å². The van der Waals surface area contributed by atoms with Gasteiger partial charge in [-0.05, 0) is 52.9 Å². The van der Waals surface area contributed by atoms with Crippen LogP contribution in [-0.4, -0.2) is 60.9 Å². The molecule has 2 aromatic carbocycles. The molecular weight excluding hydrogens is 442 g/mol. The second kappa shape index (κ2) is 10.9. The van der Waals surface area contributed by atoms with Gasteiger partial charge in [0.1, 0.15) is 0 Å². The summed E-state index contributed by atoms with van der Waals surface area (Å²) < 4.78 is 1.15. The van der Waals surface area contributed by atoms with Gasteiger partial charge in [-0.25, -0.2) is 0 Å². The fourth-order valence-corrected chi connectivity index (χ4v) is 5.21. The van der Waals surface area contributed by atoms with E-state index in [1.807, 2.05) is 41.3 Å². The molecule has 3 aromatic rings. The summed E-state index contributed by atoms with van der Waals surface area (Å²) >= 11 is 7.79. The van der Waals surface area contributed by atoms with E-state index >= 15 is 0 Å². The maximum atomic E-state index is 13.0. The van der Waals surface area contributed by atoms with Crippen molar-refractivity contribution in [3.05, 3.63) is 70.1 Å². The van der Waals surface area contributed by atoms with Crippen molar-refractivity contribution in [3.63, 3.8) is 0 Å². The van der Waals surface area contributed by atoms with E-state index in [-0.39, 0.29) is 11.8 Å². The lowest BCUT2D eigenvalue weighted by Gasteiger charge is -2.22. The van der Waals surface area contributed by atoms with Gasteiger partial charge >= 0.3 is 0 Å². The summed E-state index contributed by atoms with van der Waals surface area (Å²) in [5, 5.41) is 6.83. The molecule has 1 aromatic heterocycles. The van der Waals surface area contributed by atoms with Crippen molar-refractivity contribution >= 4 is 44.8 Å². The lowest BCUT2D eigenvalue weighted by atomic mass is 10.1. The van der Waals surface area contributed by atoms with Crippen molar-refractivity contribution in [1.29, 1.82) is 0 Å². The Balaban J connectivity index is 1.24. The highest BCUT2D eigenvalue weighted by molar-refractivity contribution is 7.17. The number of rotatable bonds is 7. The zero-order chi connectivity index (χ0) is 22.3. The summed E-state index contributed by atoms with van der Waals surface area (Å²) in [6.45, 7) is 3.94. The fraction of sp³-hybridized carbons (Fsp3) is 0.360. The van der Waals surface area contributed by atoms with E-state index in [4.69, 9.17) is 11.6 Å². The first-order valence-electron chi connectivity index (χ1n) is 11.0. The highest BCUT2D eigenvalue weighted by atomic mass is 35.5. The number of hydrogen-bond acceptors (Lipinski definition) is 4. The van der Waals surface area contributed by atoms with E-state index in [1.165, 1.54) is 5.56 Å². The number of nitrogens with one attached hydrogen (secondary N) is 1. The van der Waals surface area contributed by atoms with Crippen LogP contribution in [0, 0.1) is 0 Å². The number of thiophene rings is 1. The van der Waals surface area contributed by atoms with E-state index in [0.29, 0.717) is 37.6 Å². The summed E-state index contributed by atoms with van der Waals surface area (Å²) in [5.41, 5.74) is 2.26. The molecule has 0 unspecified atom stereocenters. The Morgan fingerprint density at radius 3 is 2.72 bits per heavy atom. The minimum absolute atomic E-state index is 0.0438. The van der Waals surface area contributed by atoms with Gasteiger partial charge in [0.15, 0.2) is 0 Å². The average molecular weight is 470 g/mol. The smallest absolute Gasteiger partial charge is 0.234 e. The van der Waals surface area contributed by atoms with Crippen molar-refractivity contribution < 1.29 is 9.59 Å². The third-order valence-electron chi connectivity index (χ3n) is 5.84. The molecule has 7 heteroatoms. The molecule has 0 radical (unpaired) electrons. The number of hydrogen-bond donors (Lipinski definition) is 1. The van der Waals surface area contributed by atoms with Gasteiger partial charge < -0.3 is 10.2 Å². The Labute approximate surface area is 198 Å². The van der Waals surface area contributed by atoms with Crippen molar-refractivity contribution in [3.8, 4) is 0 Å². The maximum Gasteiger partial charge on any atom is 0.234 e. The van der Waals surface area contributed by atoms with E-state index in [2.05, 4.69) is 27.7 Å². The molecule has 4 rings (SSSR count). The molecule has 2 amide bonds. The fourth-order valence-electron chi connectivity index (χ4n) is 4.09. The van der Waals surface area contributed by atoms with Crippen LogP contribution >= 0.6 is 22.9 Å². The highest BCUT2D eigenvalue weighted by Gasteiger charge is 2.21. The highest BCUT2D eigenvalue weighted by Crippen LogP contribution is 2.29. The molecule has 0 bridgehead atoms. The second-order valence-electron chi connectivity index (χ2n) is 8.17. The van der Waals surface area contributed by atoms with Crippen LogP contribution in [0.4, 0.5) is 0 Å². The molecule has 1 aliphatic heterocycles. The summed E-state index contributed by atoms with van der Waals surface area (Å²) in [7, 11) is 0. The van der Waals surface area contributed by atoms with E-state index in [9.17, 15) is 9.59 Å². The van der Waals surface area contributed by atoms with Gasteiger partial charge in [-0.15, -0.1) is 11.3 Å². The van der Waals surface area contributed by atoms with Gasteiger partial charge in [0.05, 0.1) is 13.0 Å². The molecule has 1 fully saturated rings. The van der Waals surface area contributed by atoms with Crippen molar-refractivity contribution in [1.82, 2.24) is 15.1 Å². The van der Waals surface area contributed by atoms with Crippen LogP contribution in [0.2, 0.25) is 5.02 Å². The number of carbonyl (C=O) groups excluding carboxylic acids is 2. The molecule has 0 atom stereocenters. The number of nitrogens with zero attached hydrogens (tertiary/aromatic N) is 2. The number of carbonyl (C=O) groups is 2. The van der Waals surface area contributed by atoms with Crippen molar-refractivity contribution in [2.45, 2.75) is 19.3 Å². The zero-order valence-corrected chi connectivity index (χ0v) is 19.6. The quantitative estimate of drug-likeness (QED) is 0.569. The minimum atomic E-state index is 0.0438. The summed E-state index contributed by atoms with van der Waals surface area (Å²) in [6.07, 6.45) is 2.09. The largest absolute Gasteiger partial charge is 0.355 e. The zero-order valence-electron chi connectivity index (χ0n) is 18.1. The molecule has 0 aliphatic carbocycles.